The van der Waals surface area contributed by atoms with Crippen LogP contribution in [0.25, 0.3) is 21.8 Å². The van der Waals surface area contributed by atoms with E-state index in [1.54, 1.807) is 6.20 Å². The number of hydrogen-bond donors (Lipinski definition) is 0. The quantitative estimate of drug-likeness (QED) is 0.482. The molecule has 0 aliphatic heterocycles. The van der Waals surface area contributed by atoms with E-state index in [1.807, 2.05) is 25.4 Å². The number of fused-ring (bicyclic) bond motifs is 3. The number of hydrogen-bond acceptors (Lipinski definition) is 1. The minimum absolute atomic E-state index is 0.538. The summed E-state index contributed by atoms with van der Waals surface area (Å²) in [4.78, 5) is 4.32. The molecule has 2 heterocycles. The Bertz CT molecular complexity index is 1060. The molecule has 0 atom stereocenters. The SMILES string of the molecule is Cn1c2ccccc2c2c(Cc3ccc(C(F)(F)F)cc3)cncc21. The van der Waals surface area contributed by atoms with Gasteiger partial charge in [-0.05, 0) is 35.7 Å². The third-order valence-corrected chi connectivity index (χ3v) is 4.58. The summed E-state index contributed by atoms with van der Waals surface area (Å²) in [5.41, 5.74) is 3.34. The van der Waals surface area contributed by atoms with Crippen molar-refractivity contribution in [2.45, 2.75) is 12.6 Å². The zero-order chi connectivity index (χ0) is 17.6. The molecule has 0 unspecified atom stereocenters. The highest BCUT2D eigenvalue weighted by molar-refractivity contribution is 6.09. The normalized spacial score (nSPS) is 12.2. The van der Waals surface area contributed by atoms with E-state index in [-0.39, 0.29) is 0 Å². The molecule has 0 amide bonds. The fourth-order valence-corrected chi connectivity index (χ4v) is 3.33. The van der Waals surface area contributed by atoms with Gasteiger partial charge in [-0.2, -0.15) is 13.2 Å². The van der Waals surface area contributed by atoms with Crippen LogP contribution in [-0.4, -0.2) is 9.55 Å². The summed E-state index contributed by atoms with van der Waals surface area (Å²) in [6.07, 6.45) is -0.149. The molecule has 0 aliphatic rings. The topological polar surface area (TPSA) is 17.8 Å². The number of aryl methyl sites for hydroxylation is 1. The number of aromatic nitrogens is 2. The molecule has 0 fully saturated rings. The van der Waals surface area contributed by atoms with Gasteiger partial charge in [0, 0.05) is 29.5 Å². The minimum Gasteiger partial charge on any atom is -0.342 e. The second-order valence-electron chi connectivity index (χ2n) is 6.14. The second kappa shape index (κ2) is 5.62. The Balaban J connectivity index is 1.81. The zero-order valence-electron chi connectivity index (χ0n) is 13.5. The molecule has 0 bridgehead atoms. The van der Waals surface area contributed by atoms with E-state index >= 15 is 0 Å². The Morgan fingerprint density at radius 3 is 2.36 bits per heavy atom. The van der Waals surface area contributed by atoms with Gasteiger partial charge in [0.25, 0.3) is 0 Å². The number of alkyl halides is 3. The molecule has 0 saturated heterocycles. The monoisotopic (exact) mass is 340 g/mol. The number of rotatable bonds is 2. The van der Waals surface area contributed by atoms with E-state index in [4.69, 9.17) is 0 Å². The van der Waals surface area contributed by atoms with E-state index in [0.29, 0.717) is 6.42 Å². The van der Waals surface area contributed by atoms with Crippen LogP contribution >= 0.6 is 0 Å². The summed E-state index contributed by atoms with van der Waals surface area (Å²) in [6, 6.07) is 13.4. The first kappa shape index (κ1) is 15.7. The Morgan fingerprint density at radius 2 is 1.64 bits per heavy atom. The van der Waals surface area contributed by atoms with Crippen LogP contribution in [0, 0.1) is 0 Å². The Morgan fingerprint density at radius 1 is 0.920 bits per heavy atom. The van der Waals surface area contributed by atoms with Crippen LogP contribution < -0.4 is 0 Å². The maximum atomic E-state index is 12.7. The van der Waals surface area contributed by atoms with Gasteiger partial charge in [0.05, 0.1) is 17.3 Å². The summed E-state index contributed by atoms with van der Waals surface area (Å²) in [7, 11) is 1.99. The van der Waals surface area contributed by atoms with Crippen molar-refractivity contribution >= 4 is 21.8 Å². The van der Waals surface area contributed by atoms with Crippen molar-refractivity contribution < 1.29 is 13.2 Å². The molecule has 2 nitrogen and oxygen atoms in total. The highest BCUT2D eigenvalue weighted by atomic mass is 19.4. The maximum Gasteiger partial charge on any atom is 0.416 e. The zero-order valence-corrected chi connectivity index (χ0v) is 13.5. The predicted octanol–water partition coefficient (Wildman–Crippen LogP) is 5.34. The highest BCUT2D eigenvalue weighted by Crippen LogP contribution is 2.32. The molecule has 4 rings (SSSR count). The lowest BCUT2D eigenvalue weighted by Gasteiger charge is -2.08. The molecule has 4 aromatic rings. The largest absolute Gasteiger partial charge is 0.416 e. The van der Waals surface area contributed by atoms with Crippen LogP contribution in [-0.2, 0) is 19.6 Å². The Kier molecular flexibility index (Phi) is 3.53. The van der Waals surface area contributed by atoms with Gasteiger partial charge in [0.15, 0.2) is 0 Å². The molecule has 126 valence electrons. The second-order valence-corrected chi connectivity index (χ2v) is 6.14. The van der Waals surface area contributed by atoms with Crippen molar-refractivity contribution in [1.29, 1.82) is 0 Å². The van der Waals surface area contributed by atoms with Gasteiger partial charge >= 0.3 is 6.18 Å². The molecule has 0 N–H and O–H groups in total. The lowest BCUT2D eigenvalue weighted by molar-refractivity contribution is -0.137. The molecular formula is C20H15F3N2. The standard InChI is InChI=1S/C20H15F3N2/c1-25-17-5-3-2-4-16(17)19-14(11-24-12-18(19)25)10-13-6-8-15(9-7-13)20(21,22)23/h2-9,11-12H,10H2,1H3. The van der Waals surface area contributed by atoms with Gasteiger partial charge in [-0.1, -0.05) is 30.3 Å². The third kappa shape index (κ3) is 2.65. The van der Waals surface area contributed by atoms with Crippen molar-refractivity contribution in [3.63, 3.8) is 0 Å². The van der Waals surface area contributed by atoms with Crippen LogP contribution in [0.2, 0.25) is 0 Å². The summed E-state index contributed by atoms with van der Waals surface area (Å²) in [6.45, 7) is 0. The van der Waals surface area contributed by atoms with Gasteiger partial charge < -0.3 is 4.57 Å². The molecule has 0 spiro atoms. The van der Waals surface area contributed by atoms with Crippen LogP contribution in [0.5, 0.6) is 0 Å². The van der Waals surface area contributed by atoms with Gasteiger partial charge in [0.1, 0.15) is 0 Å². The third-order valence-electron chi connectivity index (χ3n) is 4.58. The lowest BCUT2D eigenvalue weighted by Crippen LogP contribution is -2.04. The number of pyridine rings is 1. The number of para-hydroxylation sites is 1. The number of benzene rings is 2. The number of halogens is 3. The fraction of sp³-hybridized carbons (Fsp3) is 0.150. The fourth-order valence-electron chi connectivity index (χ4n) is 3.33. The van der Waals surface area contributed by atoms with Gasteiger partial charge in [-0.15, -0.1) is 0 Å². The van der Waals surface area contributed by atoms with Crippen molar-refractivity contribution in [3.8, 4) is 0 Å². The molecule has 0 saturated carbocycles. The van der Waals surface area contributed by atoms with Crippen molar-refractivity contribution in [2.24, 2.45) is 7.05 Å². The first-order valence-corrected chi connectivity index (χ1v) is 7.91. The average Bonchev–Trinajstić information content (AvgIpc) is 2.89. The lowest BCUT2D eigenvalue weighted by atomic mass is 10.0. The van der Waals surface area contributed by atoms with E-state index < -0.39 is 11.7 Å². The first-order chi connectivity index (χ1) is 11.9. The van der Waals surface area contributed by atoms with Crippen LogP contribution in [0.4, 0.5) is 13.2 Å². The van der Waals surface area contributed by atoms with Gasteiger partial charge in [-0.25, -0.2) is 0 Å². The number of nitrogens with zero attached hydrogens (tertiary/aromatic N) is 2. The molecule has 25 heavy (non-hydrogen) atoms. The van der Waals surface area contributed by atoms with Crippen LogP contribution in [0.15, 0.2) is 60.9 Å². The predicted molar refractivity (Wildman–Crippen MR) is 92.5 cm³/mol. The van der Waals surface area contributed by atoms with E-state index in [9.17, 15) is 13.2 Å². The van der Waals surface area contributed by atoms with Crippen molar-refractivity contribution in [1.82, 2.24) is 9.55 Å². The van der Waals surface area contributed by atoms with Crippen LogP contribution in [0.1, 0.15) is 16.7 Å². The molecule has 2 aromatic carbocycles. The minimum atomic E-state index is -4.31. The van der Waals surface area contributed by atoms with Gasteiger partial charge in [-0.3, -0.25) is 4.98 Å². The van der Waals surface area contributed by atoms with E-state index in [1.165, 1.54) is 12.1 Å². The van der Waals surface area contributed by atoms with E-state index in [2.05, 4.69) is 21.7 Å². The Hall–Kier alpha value is -2.82. The average molecular weight is 340 g/mol. The van der Waals surface area contributed by atoms with E-state index in [0.717, 1.165) is 45.1 Å². The molecular weight excluding hydrogens is 325 g/mol. The summed E-state index contributed by atoms with van der Waals surface area (Å²) in [5, 5.41) is 2.23. The highest BCUT2D eigenvalue weighted by Gasteiger charge is 2.29. The van der Waals surface area contributed by atoms with Crippen molar-refractivity contribution in [3.05, 3.63) is 77.6 Å². The first-order valence-electron chi connectivity index (χ1n) is 7.91. The van der Waals surface area contributed by atoms with Crippen molar-refractivity contribution in [2.75, 3.05) is 0 Å². The van der Waals surface area contributed by atoms with Gasteiger partial charge in [0.2, 0.25) is 0 Å². The summed E-state index contributed by atoms with van der Waals surface area (Å²) >= 11 is 0. The Labute approximate surface area is 142 Å². The summed E-state index contributed by atoms with van der Waals surface area (Å²) in [5.74, 6) is 0. The molecule has 0 radical (unpaired) electrons. The maximum absolute atomic E-state index is 12.7. The van der Waals surface area contributed by atoms with Crippen LogP contribution in [0.3, 0.4) is 0 Å². The smallest absolute Gasteiger partial charge is 0.342 e. The molecule has 5 heteroatoms. The molecule has 2 aromatic heterocycles. The summed E-state index contributed by atoms with van der Waals surface area (Å²) < 4.78 is 40.2. The molecule has 0 aliphatic carbocycles.